The lowest BCUT2D eigenvalue weighted by Gasteiger charge is -2.21. The number of amides is 1. The van der Waals surface area contributed by atoms with Crippen molar-refractivity contribution in [1.82, 2.24) is 5.32 Å². The predicted molar refractivity (Wildman–Crippen MR) is 69.7 cm³/mol. The number of benzene rings is 1. The summed E-state index contributed by atoms with van der Waals surface area (Å²) in [5, 5.41) is 3.06. The summed E-state index contributed by atoms with van der Waals surface area (Å²) < 4.78 is 0. The van der Waals surface area contributed by atoms with Crippen LogP contribution >= 0.6 is 0 Å². The van der Waals surface area contributed by atoms with Crippen molar-refractivity contribution in [2.75, 3.05) is 6.54 Å². The second-order valence-corrected chi connectivity index (χ2v) is 4.97. The third-order valence-electron chi connectivity index (χ3n) is 3.52. The molecular weight excluding hydrogens is 210 g/mol. The van der Waals surface area contributed by atoms with Gasteiger partial charge in [-0.3, -0.25) is 4.79 Å². The zero-order chi connectivity index (χ0) is 11.9. The van der Waals surface area contributed by atoms with Crippen molar-refractivity contribution in [1.29, 1.82) is 0 Å². The van der Waals surface area contributed by atoms with Crippen LogP contribution in [0.1, 0.15) is 37.7 Å². The van der Waals surface area contributed by atoms with Crippen molar-refractivity contribution in [3.05, 3.63) is 35.9 Å². The summed E-state index contributed by atoms with van der Waals surface area (Å²) in [4.78, 5) is 11.7. The summed E-state index contributed by atoms with van der Waals surface area (Å²) in [5.41, 5.74) is 1.09. The second kappa shape index (κ2) is 6.43. The topological polar surface area (TPSA) is 29.1 Å². The molecule has 0 radical (unpaired) electrons. The van der Waals surface area contributed by atoms with E-state index in [0.29, 0.717) is 12.3 Å². The maximum atomic E-state index is 11.7. The number of carbonyl (C=O) groups is 1. The SMILES string of the molecule is O=C(Cc1ccccc1)NCC1CCCCC1. The van der Waals surface area contributed by atoms with Gasteiger partial charge in [-0.05, 0) is 24.3 Å². The van der Waals surface area contributed by atoms with Crippen LogP contribution in [-0.4, -0.2) is 12.5 Å². The van der Waals surface area contributed by atoms with Gasteiger partial charge in [0.15, 0.2) is 0 Å². The Labute approximate surface area is 103 Å². The molecule has 1 fully saturated rings. The molecule has 0 spiro atoms. The molecule has 0 aliphatic heterocycles. The van der Waals surface area contributed by atoms with Crippen molar-refractivity contribution in [3.8, 4) is 0 Å². The highest BCUT2D eigenvalue weighted by Crippen LogP contribution is 2.22. The Morgan fingerprint density at radius 2 is 1.82 bits per heavy atom. The van der Waals surface area contributed by atoms with E-state index >= 15 is 0 Å². The average Bonchev–Trinajstić information content (AvgIpc) is 2.39. The maximum absolute atomic E-state index is 11.7. The summed E-state index contributed by atoms with van der Waals surface area (Å²) in [6, 6.07) is 9.93. The van der Waals surface area contributed by atoms with Crippen molar-refractivity contribution >= 4 is 5.91 Å². The number of nitrogens with one attached hydrogen (secondary N) is 1. The Morgan fingerprint density at radius 3 is 2.53 bits per heavy atom. The van der Waals surface area contributed by atoms with Crippen molar-refractivity contribution in [2.45, 2.75) is 38.5 Å². The monoisotopic (exact) mass is 231 g/mol. The highest BCUT2D eigenvalue weighted by Gasteiger charge is 2.14. The molecule has 1 N–H and O–H groups in total. The first-order chi connectivity index (χ1) is 8.34. The van der Waals surface area contributed by atoms with Gasteiger partial charge in [-0.2, -0.15) is 0 Å². The Balaban J connectivity index is 1.70. The molecule has 0 saturated heterocycles. The summed E-state index contributed by atoms with van der Waals surface area (Å²) in [6.45, 7) is 0.867. The Hall–Kier alpha value is -1.31. The van der Waals surface area contributed by atoms with Gasteiger partial charge in [0.25, 0.3) is 0 Å². The van der Waals surface area contributed by atoms with Gasteiger partial charge in [0, 0.05) is 6.54 Å². The molecule has 0 atom stereocenters. The van der Waals surface area contributed by atoms with E-state index in [2.05, 4.69) is 5.32 Å². The van der Waals surface area contributed by atoms with E-state index in [1.807, 2.05) is 30.3 Å². The standard InChI is InChI=1S/C15H21NO/c17-15(11-13-7-3-1-4-8-13)16-12-14-9-5-2-6-10-14/h1,3-4,7-8,14H,2,5-6,9-12H2,(H,16,17). The maximum Gasteiger partial charge on any atom is 0.224 e. The van der Waals surface area contributed by atoms with Gasteiger partial charge in [-0.1, -0.05) is 49.6 Å². The first kappa shape index (κ1) is 12.2. The van der Waals surface area contributed by atoms with E-state index in [1.54, 1.807) is 0 Å². The molecule has 2 nitrogen and oxygen atoms in total. The van der Waals surface area contributed by atoms with Crippen molar-refractivity contribution in [2.24, 2.45) is 5.92 Å². The fourth-order valence-electron chi connectivity index (χ4n) is 2.49. The van der Waals surface area contributed by atoms with Gasteiger partial charge >= 0.3 is 0 Å². The summed E-state index contributed by atoms with van der Waals surface area (Å²) >= 11 is 0. The largest absolute Gasteiger partial charge is 0.356 e. The molecule has 1 aromatic rings. The van der Waals surface area contributed by atoms with Crippen LogP contribution in [0.15, 0.2) is 30.3 Å². The molecule has 0 unspecified atom stereocenters. The van der Waals surface area contributed by atoms with Crippen molar-refractivity contribution < 1.29 is 4.79 Å². The summed E-state index contributed by atoms with van der Waals surface area (Å²) in [5.74, 6) is 0.866. The average molecular weight is 231 g/mol. The van der Waals surface area contributed by atoms with Crippen LogP contribution in [0.5, 0.6) is 0 Å². The van der Waals surface area contributed by atoms with Gasteiger partial charge < -0.3 is 5.32 Å². The third kappa shape index (κ3) is 4.22. The molecular formula is C15H21NO. The van der Waals surface area contributed by atoms with Gasteiger partial charge in [-0.25, -0.2) is 0 Å². The molecule has 2 heteroatoms. The first-order valence-electron chi connectivity index (χ1n) is 6.65. The Morgan fingerprint density at radius 1 is 1.12 bits per heavy atom. The summed E-state index contributed by atoms with van der Waals surface area (Å²) in [7, 11) is 0. The van der Waals surface area contributed by atoms with E-state index in [-0.39, 0.29) is 5.91 Å². The lowest BCUT2D eigenvalue weighted by Crippen LogP contribution is -2.31. The van der Waals surface area contributed by atoms with E-state index in [9.17, 15) is 4.79 Å². The van der Waals surface area contributed by atoms with E-state index in [4.69, 9.17) is 0 Å². The lowest BCUT2D eigenvalue weighted by atomic mass is 9.89. The number of rotatable bonds is 4. The molecule has 1 aromatic carbocycles. The molecule has 0 heterocycles. The molecule has 17 heavy (non-hydrogen) atoms. The highest BCUT2D eigenvalue weighted by molar-refractivity contribution is 5.78. The van der Waals surface area contributed by atoms with Crippen LogP contribution in [0.4, 0.5) is 0 Å². The molecule has 0 bridgehead atoms. The first-order valence-corrected chi connectivity index (χ1v) is 6.65. The number of carbonyl (C=O) groups excluding carboxylic acids is 1. The number of hydrogen-bond acceptors (Lipinski definition) is 1. The lowest BCUT2D eigenvalue weighted by molar-refractivity contribution is -0.120. The second-order valence-electron chi connectivity index (χ2n) is 4.97. The van der Waals surface area contributed by atoms with E-state index in [0.717, 1.165) is 12.1 Å². The number of hydrogen-bond donors (Lipinski definition) is 1. The normalized spacial score (nSPS) is 16.7. The van der Waals surface area contributed by atoms with Gasteiger partial charge in [0.2, 0.25) is 5.91 Å². The minimum atomic E-state index is 0.154. The fourth-order valence-corrected chi connectivity index (χ4v) is 2.49. The summed E-state index contributed by atoms with van der Waals surface area (Å²) in [6.07, 6.45) is 7.11. The zero-order valence-electron chi connectivity index (χ0n) is 10.3. The quantitative estimate of drug-likeness (QED) is 0.848. The van der Waals surface area contributed by atoms with Crippen LogP contribution in [0.2, 0.25) is 0 Å². The minimum absolute atomic E-state index is 0.154. The molecule has 1 saturated carbocycles. The van der Waals surface area contributed by atoms with E-state index < -0.39 is 0 Å². The Bertz CT molecular complexity index is 341. The molecule has 1 aliphatic carbocycles. The molecule has 1 aliphatic rings. The van der Waals surface area contributed by atoms with Crippen LogP contribution in [0, 0.1) is 5.92 Å². The minimum Gasteiger partial charge on any atom is -0.356 e. The third-order valence-corrected chi connectivity index (χ3v) is 3.52. The zero-order valence-corrected chi connectivity index (χ0v) is 10.3. The van der Waals surface area contributed by atoms with Gasteiger partial charge in [0.1, 0.15) is 0 Å². The van der Waals surface area contributed by atoms with E-state index in [1.165, 1.54) is 32.1 Å². The van der Waals surface area contributed by atoms with Crippen LogP contribution in [0.25, 0.3) is 0 Å². The Kier molecular flexibility index (Phi) is 4.60. The molecule has 2 rings (SSSR count). The molecule has 0 aromatic heterocycles. The van der Waals surface area contributed by atoms with Gasteiger partial charge in [-0.15, -0.1) is 0 Å². The molecule has 1 amide bonds. The van der Waals surface area contributed by atoms with Crippen LogP contribution in [0.3, 0.4) is 0 Å². The smallest absolute Gasteiger partial charge is 0.224 e. The van der Waals surface area contributed by atoms with Crippen LogP contribution in [-0.2, 0) is 11.2 Å². The highest BCUT2D eigenvalue weighted by atomic mass is 16.1. The fraction of sp³-hybridized carbons (Fsp3) is 0.533. The molecule has 92 valence electrons. The van der Waals surface area contributed by atoms with Gasteiger partial charge in [0.05, 0.1) is 6.42 Å². The van der Waals surface area contributed by atoms with Crippen LogP contribution < -0.4 is 5.32 Å². The predicted octanol–water partition coefficient (Wildman–Crippen LogP) is 2.93. The van der Waals surface area contributed by atoms with Crippen molar-refractivity contribution in [3.63, 3.8) is 0 Å².